The Kier molecular flexibility index (Phi) is 7.86. The molecular formula is C19H18F4N2O2S. The fraction of sp³-hybridized carbons (Fsp3) is 0.263. The molecule has 0 spiro atoms. The Morgan fingerprint density at radius 1 is 0.964 bits per heavy atom. The molecule has 0 saturated carbocycles. The average molecular weight is 414 g/mol. The fourth-order valence-electron chi connectivity index (χ4n) is 2.20. The summed E-state index contributed by atoms with van der Waals surface area (Å²) in [6, 6.07) is 10.2. The second-order valence-corrected chi connectivity index (χ2v) is 6.86. The molecule has 9 heteroatoms. The molecule has 4 nitrogen and oxygen atoms in total. The maximum atomic E-state index is 13.4. The van der Waals surface area contributed by atoms with Crippen LogP contribution < -0.4 is 10.6 Å². The lowest BCUT2D eigenvalue weighted by Crippen LogP contribution is -2.37. The second kappa shape index (κ2) is 10.1. The normalized spacial score (nSPS) is 11.1. The van der Waals surface area contributed by atoms with E-state index in [1.165, 1.54) is 17.8 Å². The van der Waals surface area contributed by atoms with E-state index >= 15 is 0 Å². The van der Waals surface area contributed by atoms with E-state index in [2.05, 4.69) is 10.6 Å². The van der Waals surface area contributed by atoms with Gasteiger partial charge in [-0.1, -0.05) is 18.2 Å². The molecular weight excluding hydrogens is 396 g/mol. The van der Waals surface area contributed by atoms with Gasteiger partial charge in [-0.15, -0.1) is 0 Å². The van der Waals surface area contributed by atoms with Crippen LogP contribution in [0.3, 0.4) is 0 Å². The zero-order valence-corrected chi connectivity index (χ0v) is 15.5. The molecule has 0 unspecified atom stereocenters. The first-order valence-electron chi connectivity index (χ1n) is 8.30. The van der Waals surface area contributed by atoms with Gasteiger partial charge in [0.15, 0.2) is 0 Å². The molecule has 2 aromatic carbocycles. The molecule has 0 heterocycles. The van der Waals surface area contributed by atoms with Crippen molar-refractivity contribution < 1.29 is 27.2 Å². The summed E-state index contributed by atoms with van der Waals surface area (Å²) >= 11 is 1.45. The molecule has 0 aliphatic carbocycles. The van der Waals surface area contributed by atoms with Gasteiger partial charge in [0.05, 0.1) is 12.1 Å². The van der Waals surface area contributed by atoms with Crippen LogP contribution in [-0.2, 0) is 16.7 Å². The maximum absolute atomic E-state index is 13.4. The summed E-state index contributed by atoms with van der Waals surface area (Å²) in [6.07, 6.45) is -4.47. The molecule has 0 aromatic heterocycles. The van der Waals surface area contributed by atoms with Crippen molar-refractivity contribution in [2.24, 2.45) is 0 Å². The van der Waals surface area contributed by atoms with Crippen LogP contribution in [0.1, 0.15) is 21.5 Å². The van der Waals surface area contributed by atoms with Crippen LogP contribution in [0.15, 0.2) is 48.5 Å². The summed E-state index contributed by atoms with van der Waals surface area (Å²) in [7, 11) is 0. The Balaban J connectivity index is 1.65. The van der Waals surface area contributed by atoms with Crippen molar-refractivity contribution in [3.05, 3.63) is 71.0 Å². The van der Waals surface area contributed by atoms with Crippen LogP contribution >= 0.6 is 11.8 Å². The molecule has 0 fully saturated rings. The predicted molar refractivity (Wildman–Crippen MR) is 99.3 cm³/mol. The van der Waals surface area contributed by atoms with E-state index < -0.39 is 23.6 Å². The van der Waals surface area contributed by atoms with Crippen LogP contribution in [0.25, 0.3) is 0 Å². The minimum atomic E-state index is -4.47. The highest BCUT2D eigenvalue weighted by molar-refractivity contribution is 7.98. The highest BCUT2D eigenvalue weighted by Crippen LogP contribution is 2.29. The minimum Gasteiger partial charge on any atom is -0.354 e. The highest BCUT2D eigenvalue weighted by atomic mass is 32.2. The number of amides is 2. The van der Waals surface area contributed by atoms with Gasteiger partial charge in [-0.25, -0.2) is 4.39 Å². The van der Waals surface area contributed by atoms with Crippen molar-refractivity contribution >= 4 is 23.6 Å². The Labute approximate surface area is 163 Å². The molecule has 0 atom stereocenters. The van der Waals surface area contributed by atoms with Crippen molar-refractivity contribution in [3.63, 3.8) is 0 Å². The molecule has 2 aromatic rings. The van der Waals surface area contributed by atoms with Gasteiger partial charge < -0.3 is 10.6 Å². The Morgan fingerprint density at radius 3 is 2.29 bits per heavy atom. The van der Waals surface area contributed by atoms with Gasteiger partial charge >= 0.3 is 6.18 Å². The summed E-state index contributed by atoms with van der Waals surface area (Å²) in [5.41, 5.74) is -0.237. The van der Waals surface area contributed by atoms with Crippen molar-refractivity contribution in [2.75, 3.05) is 18.8 Å². The zero-order valence-electron chi connectivity index (χ0n) is 14.7. The number of hydrogen-bond donors (Lipinski definition) is 2. The van der Waals surface area contributed by atoms with Crippen LogP contribution in [0.5, 0.6) is 0 Å². The van der Waals surface area contributed by atoms with Gasteiger partial charge in [0, 0.05) is 23.6 Å². The number of carbonyl (C=O) groups excluding carboxylic acids is 2. The quantitative estimate of drug-likeness (QED) is 0.512. The number of hydrogen-bond acceptors (Lipinski definition) is 3. The third-order valence-electron chi connectivity index (χ3n) is 3.67. The molecule has 0 bridgehead atoms. The molecule has 0 aliphatic heterocycles. The van der Waals surface area contributed by atoms with Crippen molar-refractivity contribution in [1.82, 2.24) is 10.6 Å². The number of benzene rings is 2. The average Bonchev–Trinajstić information content (AvgIpc) is 2.66. The first kappa shape index (κ1) is 21.7. The third kappa shape index (κ3) is 6.88. The maximum Gasteiger partial charge on any atom is 0.416 e. The first-order chi connectivity index (χ1) is 13.3. The third-order valence-corrected chi connectivity index (χ3v) is 4.68. The lowest BCUT2D eigenvalue weighted by molar-refractivity contribution is -0.137. The van der Waals surface area contributed by atoms with Gasteiger partial charge in [0.1, 0.15) is 5.82 Å². The van der Waals surface area contributed by atoms with Crippen molar-refractivity contribution in [1.29, 1.82) is 0 Å². The van der Waals surface area contributed by atoms with E-state index in [0.717, 1.165) is 24.3 Å². The van der Waals surface area contributed by atoms with E-state index in [0.29, 0.717) is 23.6 Å². The lowest BCUT2D eigenvalue weighted by Gasteiger charge is -2.09. The minimum absolute atomic E-state index is 0.0289. The smallest absolute Gasteiger partial charge is 0.354 e. The number of nitrogens with one attached hydrogen (secondary N) is 2. The van der Waals surface area contributed by atoms with E-state index in [-0.39, 0.29) is 17.9 Å². The van der Waals surface area contributed by atoms with E-state index in [1.54, 1.807) is 18.2 Å². The van der Waals surface area contributed by atoms with Crippen LogP contribution in [0.4, 0.5) is 17.6 Å². The largest absolute Gasteiger partial charge is 0.416 e. The summed E-state index contributed by atoms with van der Waals surface area (Å²) in [5, 5.41) is 4.94. The second-order valence-electron chi connectivity index (χ2n) is 5.75. The summed E-state index contributed by atoms with van der Waals surface area (Å²) in [6.45, 7) is 0.0476. The Morgan fingerprint density at radius 2 is 1.64 bits per heavy atom. The first-order valence-corrected chi connectivity index (χ1v) is 9.46. The van der Waals surface area contributed by atoms with Gasteiger partial charge in [0.25, 0.3) is 5.91 Å². The molecule has 0 radical (unpaired) electrons. The fourth-order valence-corrected chi connectivity index (χ4v) is 3.04. The number of carbonyl (C=O) groups is 2. The highest BCUT2D eigenvalue weighted by Gasteiger charge is 2.30. The van der Waals surface area contributed by atoms with Crippen LogP contribution in [0, 0.1) is 5.82 Å². The number of alkyl halides is 3. The van der Waals surface area contributed by atoms with Gasteiger partial charge in [-0.3, -0.25) is 9.59 Å². The van der Waals surface area contributed by atoms with Crippen LogP contribution in [-0.4, -0.2) is 30.7 Å². The number of rotatable bonds is 8. The van der Waals surface area contributed by atoms with E-state index in [1.807, 2.05) is 0 Å². The van der Waals surface area contributed by atoms with Crippen molar-refractivity contribution in [2.45, 2.75) is 11.9 Å². The molecule has 28 heavy (non-hydrogen) atoms. The van der Waals surface area contributed by atoms with Gasteiger partial charge in [0.2, 0.25) is 5.91 Å². The predicted octanol–water partition coefficient (Wildman–Crippen LogP) is 3.62. The monoisotopic (exact) mass is 414 g/mol. The molecule has 2 N–H and O–H groups in total. The van der Waals surface area contributed by atoms with Gasteiger partial charge in [-0.2, -0.15) is 24.9 Å². The molecule has 0 aliphatic rings. The SMILES string of the molecule is O=C(CNC(=O)c1ccc(C(F)(F)F)cc1)NCCSCc1ccccc1F. The number of halogens is 4. The Hall–Kier alpha value is -2.55. The lowest BCUT2D eigenvalue weighted by atomic mass is 10.1. The van der Waals surface area contributed by atoms with Crippen LogP contribution in [0.2, 0.25) is 0 Å². The van der Waals surface area contributed by atoms with Crippen molar-refractivity contribution in [3.8, 4) is 0 Å². The standard InChI is InChI=1S/C19H18F4N2O2S/c20-16-4-2-1-3-14(16)12-28-10-9-24-17(26)11-25-18(27)13-5-7-15(8-6-13)19(21,22)23/h1-8H,9-12H2,(H,24,26)(H,25,27). The zero-order chi connectivity index (χ0) is 20.6. The number of thioether (sulfide) groups is 1. The van der Waals surface area contributed by atoms with E-state index in [4.69, 9.17) is 0 Å². The molecule has 2 rings (SSSR count). The summed E-state index contributed by atoms with van der Waals surface area (Å²) in [4.78, 5) is 23.6. The molecule has 0 saturated heterocycles. The summed E-state index contributed by atoms with van der Waals surface area (Å²) < 4.78 is 50.9. The van der Waals surface area contributed by atoms with E-state index in [9.17, 15) is 27.2 Å². The molecule has 2 amide bonds. The molecule has 150 valence electrons. The Bertz CT molecular complexity index is 810. The summed E-state index contributed by atoms with van der Waals surface area (Å²) in [5.74, 6) is -0.297. The topological polar surface area (TPSA) is 58.2 Å². The van der Waals surface area contributed by atoms with Gasteiger partial charge in [-0.05, 0) is 35.9 Å².